The highest BCUT2D eigenvalue weighted by Gasteiger charge is 2.49. The average molecular weight is 395 g/mol. The number of hydrazone groups is 1. The summed E-state index contributed by atoms with van der Waals surface area (Å²) in [5.41, 5.74) is 0.229. The van der Waals surface area contributed by atoms with Crippen LogP contribution in [0.3, 0.4) is 0 Å². The number of benzene rings is 2. The molecule has 1 heterocycles. The summed E-state index contributed by atoms with van der Waals surface area (Å²) in [6, 6.07) is 13.8. The predicted molar refractivity (Wildman–Crippen MR) is 110 cm³/mol. The lowest BCUT2D eigenvalue weighted by atomic mass is 9.92. The van der Waals surface area contributed by atoms with E-state index in [4.69, 9.17) is 9.47 Å². The zero-order valence-electron chi connectivity index (χ0n) is 16.8. The number of imide groups is 1. The fourth-order valence-electron chi connectivity index (χ4n) is 2.96. The lowest BCUT2D eigenvalue weighted by Crippen LogP contribution is -2.40. The van der Waals surface area contributed by atoms with E-state index in [1.54, 1.807) is 38.3 Å². The number of carbonyl (C=O) groups is 2. The molecule has 1 saturated heterocycles. The van der Waals surface area contributed by atoms with Crippen molar-refractivity contribution in [2.24, 2.45) is 5.10 Å². The van der Waals surface area contributed by atoms with Crippen LogP contribution in [0.25, 0.3) is 0 Å². The lowest BCUT2D eigenvalue weighted by molar-refractivity contribution is -0.131. The molecule has 0 aliphatic carbocycles. The van der Waals surface area contributed by atoms with E-state index < -0.39 is 17.5 Å². The van der Waals surface area contributed by atoms with Gasteiger partial charge >= 0.3 is 6.03 Å². The number of rotatable bonds is 8. The minimum Gasteiger partial charge on any atom is -0.497 e. The van der Waals surface area contributed by atoms with E-state index in [1.807, 2.05) is 24.3 Å². The van der Waals surface area contributed by atoms with Gasteiger partial charge in [-0.25, -0.2) is 4.79 Å². The first-order valence-electron chi connectivity index (χ1n) is 9.56. The Balaban J connectivity index is 1.71. The quantitative estimate of drug-likeness (QED) is 0.420. The summed E-state index contributed by atoms with van der Waals surface area (Å²) in [6.45, 7) is 4.45. The summed E-state index contributed by atoms with van der Waals surface area (Å²) in [4.78, 5) is 25.2. The van der Waals surface area contributed by atoms with Gasteiger partial charge in [0.05, 0.1) is 19.9 Å². The van der Waals surface area contributed by atoms with Crippen LogP contribution in [0, 0.1) is 0 Å². The number of methoxy groups -OCH3 is 1. The maximum atomic E-state index is 12.9. The molecule has 0 radical (unpaired) electrons. The second kappa shape index (κ2) is 8.77. The van der Waals surface area contributed by atoms with Crippen LogP contribution in [0.2, 0.25) is 0 Å². The number of unbranched alkanes of at least 4 members (excludes halogenated alkanes) is 1. The molecule has 2 aromatic carbocycles. The molecule has 0 saturated carbocycles. The first kappa shape index (κ1) is 20.4. The number of nitrogens with one attached hydrogen (secondary N) is 1. The molecule has 7 heteroatoms. The van der Waals surface area contributed by atoms with E-state index in [1.165, 1.54) is 6.21 Å². The molecule has 1 aliphatic rings. The molecule has 152 valence electrons. The number of ether oxygens (including phenoxy) is 2. The summed E-state index contributed by atoms with van der Waals surface area (Å²) in [6.07, 6.45) is 3.56. The van der Waals surface area contributed by atoms with Crippen molar-refractivity contribution in [1.82, 2.24) is 10.3 Å². The van der Waals surface area contributed by atoms with Crippen molar-refractivity contribution in [2.45, 2.75) is 32.2 Å². The van der Waals surface area contributed by atoms with Crippen molar-refractivity contribution in [2.75, 3.05) is 13.7 Å². The highest BCUT2D eigenvalue weighted by atomic mass is 16.5. The van der Waals surface area contributed by atoms with Crippen molar-refractivity contribution in [3.05, 3.63) is 59.7 Å². The van der Waals surface area contributed by atoms with Gasteiger partial charge < -0.3 is 14.8 Å². The maximum Gasteiger partial charge on any atom is 0.346 e. The van der Waals surface area contributed by atoms with Crippen LogP contribution >= 0.6 is 0 Å². The van der Waals surface area contributed by atoms with Crippen LogP contribution in [-0.4, -0.2) is 36.9 Å². The third-order valence-electron chi connectivity index (χ3n) is 4.81. The van der Waals surface area contributed by atoms with Crippen LogP contribution in [0.1, 0.15) is 37.8 Å². The van der Waals surface area contributed by atoms with Gasteiger partial charge in [-0.05, 0) is 60.9 Å². The Kier molecular flexibility index (Phi) is 6.16. The number of nitrogens with zero attached hydrogens (tertiary/aromatic N) is 2. The fourth-order valence-corrected chi connectivity index (χ4v) is 2.96. The second-order valence-electron chi connectivity index (χ2n) is 6.92. The Morgan fingerprint density at radius 2 is 1.72 bits per heavy atom. The lowest BCUT2D eigenvalue weighted by Gasteiger charge is -2.21. The molecule has 1 fully saturated rings. The molecule has 1 atom stereocenters. The molecule has 7 nitrogen and oxygen atoms in total. The van der Waals surface area contributed by atoms with Gasteiger partial charge in [0, 0.05) is 0 Å². The molecule has 1 aliphatic heterocycles. The Hall–Kier alpha value is -3.35. The molecule has 0 unspecified atom stereocenters. The number of hydrogen-bond acceptors (Lipinski definition) is 5. The predicted octanol–water partition coefficient (Wildman–Crippen LogP) is 3.68. The topological polar surface area (TPSA) is 80.2 Å². The number of urea groups is 1. The van der Waals surface area contributed by atoms with Gasteiger partial charge in [0.15, 0.2) is 0 Å². The Labute approximate surface area is 170 Å². The Morgan fingerprint density at radius 3 is 2.34 bits per heavy atom. The molecule has 0 aromatic heterocycles. The number of amides is 3. The van der Waals surface area contributed by atoms with Crippen LogP contribution in [-0.2, 0) is 10.3 Å². The van der Waals surface area contributed by atoms with Gasteiger partial charge in [0.2, 0.25) is 0 Å². The highest BCUT2D eigenvalue weighted by Crippen LogP contribution is 2.30. The van der Waals surface area contributed by atoms with E-state index in [9.17, 15) is 9.59 Å². The van der Waals surface area contributed by atoms with E-state index in [0.29, 0.717) is 17.9 Å². The molecule has 0 spiro atoms. The molecular weight excluding hydrogens is 370 g/mol. The first-order chi connectivity index (χ1) is 14.0. The zero-order valence-corrected chi connectivity index (χ0v) is 16.8. The van der Waals surface area contributed by atoms with Gasteiger partial charge in [0.25, 0.3) is 5.91 Å². The van der Waals surface area contributed by atoms with Crippen molar-refractivity contribution in [3.8, 4) is 11.5 Å². The minimum atomic E-state index is -1.18. The summed E-state index contributed by atoms with van der Waals surface area (Å²) in [7, 11) is 1.57. The van der Waals surface area contributed by atoms with Gasteiger partial charge in [-0.15, -0.1) is 5.01 Å². The molecule has 3 rings (SSSR count). The van der Waals surface area contributed by atoms with E-state index in [0.717, 1.165) is 29.2 Å². The van der Waals surface area contributed by atoms with Gasteiger partial charge in [-0.3, -0.25) is 4.79 Å². The molecule has 1 N–H and O–H groups in total. The second-order valence-corrected chi connectivity index (χ2v) is 6.92. The minimum absolute atomic E-state index is 0.441. The standard InChI is InChI=1S/C22H25N3O4/c1-4-5-14-29-19-10-6-16(7-11-19)15-23-25-20(26)22(2,24-21(25)27)17-8-12-18(28-3)13-9-17/h6-13,15H,4-5,14H2,1-3H3,(H,24,27)/b23-15-/t22-/m0/s1. The highest BCUT2D eigenvalue weighted by molar-refractivity contribution is 6.07. The normalized spacial score (nSPS) is 18.9. The van der Waals surface area contributed by atoms with Gasteiger partial charge in [0.1, 0.15) is 17.0 Å². The van der Waals surface area contributed by atoms with E-state index in [-0.39, 0.29) is 0 Å². The fraction of sp³-hybridized carbons (Fsp3) is 0.318. The molecule has 0 bridgehead atoms. The van der Waals surface area contributed by atoms with Gasteiger partial charge in [-0.1, -0.05) is 25.5 Å². The summed E-state index contributed by atoms with van der Waals surface area (Å²) < 4.78 is 10.8. The molecule has 2 aromatic rings. The van der Waals surface area contributed by atoms with Crippen molar-refractivity contribution in [1.29, 1.82) is 0 Å². The van der Waals surface area contributed by atoms with Crippen LogP contribution in [0.5, 0.6) is 11.5 Å². The number of carbonyl (C=O) groups excluding carboxylic acids is 2. The molecule has 3 amide bonds. The zero-order chi connectivity index (χ0) is 20.9. The third-order valence-corrected chi connectivity index (χ3v) is 4.81. The van der Waals surface area contributed by atoms with Crippen LogP contribution in [0.4, 0.5) is 4.79 Å². The third kappa shape index (κ3) is 4.39. The monoisotopic (exact) mass is 395 g/mol. The van der Waals surface area contributed by atoms with Crippen molar-refractivity contribution >= 4 is 18.2 Å². The van der Waals surface area contributed by atoms with E-state index >= 15 is 0 Å². The first-order valence-corrected chi connectivity index (χ1v) is 9.56. The Bertz CT molecular complexity index is 893. The SMILES string of the molecule is CCCCOc1ccc(/C=N\N2C(=O)N[C@@](C)(c3ccc(OC)cc3)C2=O)cc1. The summed E-state index contributed by atoms with van der Waals surface area (Å²) in [5.74, 6) is 1.01. The average Bonchev–Trinajstić information content (AvgIpc) is 2.96. The maximum absolute atomic E-state index is 12.9. The largest absolute Gasteiger partial charge is 0.497 e. The van der Waals surface area contributed by atoms with Crippen molar-refractivity contribution in [3.63, 3.8) is 0 Å². The molecular formula is C22H25N3O4. The van der Waals surface area contributed by atoms with Crippen LogP contribution in [0.15, 0.2) is 53.6 Å². The number of hydrogen-bond donors (Lipinski definition) is 1. The van der Waals surface area contributed by atoms with Gasteiger partial charge in [-0.2, -0.15) is 5.10 Å². The van der Waals surface area contributed by atoms with Crippen LogP contribution < -0.4 is 14.8 Å². The summed E-state index contributed by atoms with van der Waals surface area (Å²) >= 11 is 0. The smallest absolute Gasteiger partial charge is 0.346 e. The van der Waals surface area contributed by atoms with Crippen molar-refractivity contribution < 1.29 is 19.1 Å². The molecule has 29 heavy (non-hydrogen) atoms. The summed E-state index contributed by atoms with van der Waals surface area (Å²) in [5, 5.41) is 7.67. The Morgan fingerprint density at radius 1 is 1.07 bits per heavy atom. The van der Waals surface area contributed by atoms with E-state index in [2.05, 4.69) is 17.3 Å².